The van der Waals surface area contributed by atoms with E-state index in [0.29, 0.717) is 5.25 Å². The first-order valence-electron chi connectivity index (χ1n) is 3.65. The van der Waals surface area contributed by atoms with E-state index in [9.17, 15) is 0 Å². The maximum absolute atomic E-state index is 8.56. The van der Waals surface area contributed by atoms with Crippen LogP contribution in [0, 0.1) is 0 Å². The Balaban J connectivity index is 3.12. The Morgan fingerprint density at radius 3 is 2.50 bits per heavy atom. The van der Waals surface area contributed by atoms with E-state index in [1.165, 1.54) is 0 Å². The molecule has 0 saturated carbocycles. The largest absolute Gasteiger partial charge is 0.396 e. The van der Waals surface area contributed by atoms with Crippen LogP contribution in [0.4, 0.5) is 0 Å². The van der Waals surface area contributed by atoms with Crippen LogP contribution in [-0.4, -0.2) is 28.8 Å². The van der Waals surface area contributed by atoms with Gasteiger partial charge in [0.05, 0.1) is 0 Å². The van der Waals surface area contributed by atoms with E-state index in [-0.39, 0.29) is 12.6 Å². The Labute approximate surface area is 67.2 Å². The molecular weight excluding hydrogens is 146 g/mol. The summed E-state index contributed by atoms with van der Waals surface area (Å²) in [7, 11) is 0. The molecule has 0 aliphatic carbocycles. The Hall–Kier alpha value is 0.270. The summed E-state index contributed by atoms with van der Waals surface area (Å²) in [5.41, 5.74) is 5.55. The molecule has 0 aromatic rings. The fourth-order valence-electron chi connectivity index (χ4n) is 0.581. The van der Waals surface area contributed by atoms with Gasteiger partial charge in [-0.25, -0.2) is 0 Å². The average Bonchev–Trinajstić information content (AvgIpc) is 1.85. The van der Waals surface area contributed by atoms with Crippen molar-refractivity contribution in [1.29, 1.82) is 0 Å². The Bertz CT molecular complexity index is 78.0. The van der Waals surface area contributed by atoms with Gasteiger partial charge in [-0.05, 0) is 13.3 Å². The lowest BCUT2D eigenvalue weighted by molar-refractivity contribution is 0.289. The summed E-state index contributed by atoms with van der Waals surface area (Å²) >= 11 is 1.82. The van der Waals surface area contributed by atoms with Crippen molar-refractivity contribution in [3.63, 3.8) is 0 Å². The van der Waals surface area contributed by atoms with Crippen LogP contribution in [0.25, 0.3) is 0 Å². The maximum atomic E-state index is 8.56. The minimum absolute atomic E-state index is 0.270. The van der Waals surface area contributed by atoms with Crippen molar-refractivity contribution in [2.24, 2.45) is 5.73 Å². The summed E-state index contributed by atoms with van der Waals surface area (Å²) < 4.78 is 0. The molecule has 10 heavy (non-hydrogen) atoms. The van der Waals surface area contributed by atoms with Gasteiger partial charge in [0.2, 0.25) is 0 Å². The fourth-order valence-corrected chi connectivity index (χ4v) is 1.49. The predicted octanol–water partition coefficient (Wildman–Crippen LogP) is 0.838. The van der Waals surface area contributed by atoms with Crippen LogP contribution in [0.3, 0.4) is 0 Å². The third-order valence-corrected chi connectivity index (χ3v) is 2.70. The third-order valence-electron chi connectivity index (χ3n) is 1.18. The molecule has 0 aromatic carbocycles. The van der Waals surface area contributed by atoms with Crippen LogP contribution in [0.15, 0.2) is 0 Å². The Morgan fingerprint density at radius 1 is 1.50 bits per heavy atom. The molecule has 2 atom stereocenters. The third kappa shape index (κ3) is 6.39. The molecule has 0 aromatic heterocycles. The summed E-state index contributed by atoms with van der Waals surface area (Å²) in [6.45, 7) is 4.40. The second-order valence-corrected chi connectivity index (χ2v) is 4.10. The van der Waals surface area contributed by atoms with E-state index in [4.69, 9.17) is 10.8 Å². The van der Waals surface area contributed by atoms with Crippen molar-refractivity contribution in [1.82, 2.24) is 0 Å². The van der Waals surface area contributed by atoms with Gasteiger partial charge in [-0.1, -0.05) is 6.92 Å². The molecule has 0 aliphatic heterocycles. The number of aliphatic hydroxyl groups is 1. The molecule has 0 fully saturated rings. The number of aliphatic hydroxyl groups excluding tert-OH is 1. The summed E-state index contributed by atoms with van der Waals surface area (Å²) in [6, 6.07) is 0.270. The minimum Gasteiger partial charge on any atom is -0.396 e. The molecule has 0 rings (SSSR count). The van der Waals surface area contributed by atoms with Crippen LogP contribution in [0.1, 0.15) is 20.3 Å². The zero-order valence-corrected chi connectivity index (χ0v) is 7.53. The molecule has 0 saturated heterocycles. The summed E-state index contributed by atoms with van der Waals surface area (Å²) in [5.74, 6) is 0.987. The molecule has 3 heteroatoms. The van der Waals surface area contributed by atoms with Gasteiger partial charge in [-0.15, -0.1) is 0 Å². The topological polar surface area (TPSA) is 46.2 Å². The monoisotopic (exact) mass is 163 g/mol. The second-order valence-electron chi connectivity index (χ2n) is 2.63. The highest BCUT2D eigenvalue weighted by atomic mass is 32.2. The number of thioether (sulfide) groups is 1. The van der Waals surface area contributed by atoms with E-state index >= 15 is 0 Å². The van der Waals surface area contributed by atoms with Crippen LogP contribution in [0.2, 0.25) is 0 Å². The van der Waals surface area contributed by atoms with Gasteiger partial charge in [0, 0.05) is 23.7 Å². The van der Waals surface area contributed by atoms with Crippen molar-refractivity contribution in [2.45, 2.75) is 31.6 Å². The molecule has 0 spiro atoms. The molecule has 0 bridgehead atoms. The molecule has 62 valence electrons. The first kappa shape index (κ1) is 10.3. The minimum atomic E-state index is 0.270. The first-order chi connectivity index (χ1) is 4.66. The average molecular weight is 163 g/mol. The smallest absolute Gasteiger partial charge is 0.0441 e. The van der Waals surface area contributed by atoms with Crippen molar-refractivity contribution < 1.29 is 5.11 Å². The zero-order chi connectivity index (χ0) is 7.98. The predicted molar refractivity (Wildman–Crippen MR) is 47.3 cm³/mol. The lowest BCUT2D eigenvalue weighted by atomic mass is 10.3. The van der Waals surface area contributed by atoms with Gasteiger partial charge < -0.3 is 10.8 Å². The quantitative estimate of drug-likeness (QED) is 0.631. The van der Waals surface area contributed by atoms with Gasteiger partial charge in [0.1, 0.15) is 0 Å². The zero-order valence-electron chi connectivity index (χ0n) is 6.71. The first-order valence-corrected chi connectivity index (χ1v) is 4.69. The molecular formula is C7H17NOS. The number of rotatable bonds is 5. The van der Waals surface area contributed by atoms with Crippen LogP contribution >= 0.6 is 11.8 Å². The van der Waals surface area contributed by atoms with Crippen LogP contribution in [-0.2, 0) is 0 Å². The molecule has 3 N–H and O–H groups in total. The molecule has 2 unspecified atom stereocenters. The summed E-state index contributed by atoms with van der Waals surface area (Å²) in [5, 5.41) is 9.10. The van der Waals surface area contributed by atoms with E-state index in [1.807, 2.05) is 18.7 Å². The van der Waals surface area contributed by atoms with Gasteiger partial charge in [0.15, 0.2) is 0 Å². The van der Waals surface area contributed by atoms with Crippen LogP contribution < -0.4 is 5.73 Å². The maximum Gasteiger partial charge on any atom is 0.0441 e. The van der Waals surface area contributed by atoms with Crippen molar-refractivity contribution in [3.05, 3.63) is 0 Å². The highest BCUT2D eigenvalue weighted by molar-refractivity contribution is 7.99. The SMILES string of the molecule is CC(N)CSC(C)CCO. The lowest BCUT2D eigenvalue weighted by Gasteiger charge is -2.10. The normalized spacial score (nSPS) is 16.8. The van der Waals surface area contributed by atoms with Crippen molar-refractivity contribution >= 4 is 11.8 Å². The highest BCUT2D eigenvalue weighted by Gasteiger charge is 2.02. The molecule has 0 amide bonds. The standard InChI is InChI=1S/C7H17NOS/c1-6(8)5-10-7(2)3-4-9/h6-7,9H,3-5,8H2,1-2H3. The van der Waals surface area contributed by atoms with E-state index in [2.05, 4.69) is 6.92 Å². The summed E-state index contributed by atoms with van der Waals surface area (Å²) in [6.07, 6.45) is 0.872. The lowest BCUT2D eigenvalue weighted by Crippen LogP contribution is -2.19. The van der Waals surface area contributed by atoms with E-state index in [1.54, 1.807) is 0 Å². The Morgan fingerprint density at radius 2 is 2.10 bits per heavy atom. The van der Waals surface area contributed by atoms with Crippen LogP contribution in [0.5, 0.6) is 0 Å². The van der Waals surface area contributed by atoms with Gasteiger partial charge in [0.25, 0.3) is 0 Å². The molecule has 0 heterocycles. The van der Waals surface area contributed by atoms with Crippen molar-refractivity contribution in [2.75, 3.05) is 12.4 Å². The van der Waals surface area contributed by atoms with E-state index < -0.39 is 0 Å². The van der Waals surface area contributed by atoms with Crippen molar-refractivity contribution in [3.8, 4) is 0 Å². The number of nitrogens with two attached hydrogens (primary N) is 1. The van der Waals surface area contributed by atoms with Gasteiger partial charge in [-0.3, -0.25) is 0 Å². The number of hydrogen-bond donors (Lipinski definition) is 2. The fraction of sp³-hybridized carbons (Fsp3) is 1.00. The molecule has 0 aliphatic rings. The molecule has 2 nitrogen and oxygen atoms in total. The van der Waals surface area contributed by atoms with Gasteiger partial charge >= 0.3 is 0 Å². The molecule has 0 radical (unpaired) electrons. The Kier molecular flexibility index (Phi) is 6.17. The van der Waals surface area contributed by atoms with Gasteiger partial charge in [-0.2, -0.15) is 11.8 Å². The summed E-state index contributed by atoms with van der Waals surface area (Å²) in [4.78, 5) is 0. The highest BCUT2D eigenvalue weighted by Crippen LogP contribution is 2.13. The second kappa shape index (κ2) is 6.01. The number of hydrogen-bond acceptors (Lipinski definition) is 3. The van der Waals surface area contributed by atoms with E-state index in [0.717, 1.165) is 12.2 Å².